The average Bonchev–Trinajstić information content (AvgIpc) is 2.43. The number of rotatable bonds is 7. The van der Waals surface area contributed by atoms with E-state index in [9.17, 15) is 26.3 Å². The Morgan fingerprint density at radius 1 is 0.885 bits per heavy atom. The van der Waals surface area contributed by atoms with Crippen LogP contribution in [0.4, 0.5) is 26.3 Å². The fraction of sp³-hybridized carbons (Fsp3) is 0.571. The van der Waals surface area contributed by atoms with Gasteiger partial charge in [0.1, 0.15) is 19.1 Å². The molecule has 1 atom stereocenters. The molecule has 156 valence electrons. The Kier molecular flexibility index (Phi) is 15.0. The number of hydrogen-bond acceptors (Lipinski definition) is 0. The molecule has 1 aromatic rings. The van der Waals surface area contributed by atoms with Gasteiger partial charge in [0.15, 0.2) is 0 Å². The molecule has 0 fully saturated rings. The van der Waals surface area contributed by atoms with Crippen LogP contribution in [0.5, 0.6) is 0 Å². The Labute approximate surface area is 166 Å². The molecule has 3 nitrogen and oxygen atoms in total. The molecule has 0 saturated carbocycles. The third-order valence-corrected chi connectivity index (χ3v) is 3.39. The summed E-state index contributed by atoms with van der Waals surface area (Å²) in [4.78, 5) is 0. The SMILES string of the molecule is [Cl-].[Cl-].[Cl-].[NH3+]CCCC([NH3+])C[NH2+]Cc1cc(C(F)(F)F)cc(C(F)(F)F)c1. The Morgan fingerprint density at radius 2 is 1.35 bits per heavy atom. The summed E-state index contributed by atoms with van der Waals surface area (Å²) < 4.78 is 76.4. The molecule has 0 amide bonds. The molecule has 12 heteroatoms. The van der Waals surface area contributed by atoms with Gasteiger partial charge in [-0.05, 0) is 18.2 Å². The standard InChI is InChI=1S/C14H19F6N3.3ClH/c15-13(16,17)10-4-9(5-11(6-10)14(18,19)20)7-23-8-12(22)2-1-3-21;;;/h4-6,12,23H,1-3,7-8,21-22H2;3*1H. The van der Waals surface area contributed by atoms with E-state index in [1.807, 2.05) is 0 Å². The number of nitrogens with two attached hydrogens (primary N) is 1. The highest BCUT2D eigenvalue weighted by molar-refractivity contribution is 5.33. The second-order valence-electron chi connectivity index (χ2n) is 5.50. The topological polar surface area (TPSA) is 71.9 Å². The fourth-order valence-electron chi connectivity index (χ4n) is 2.17. The molecular weight excluding hydrogens is 431 g/mol. The van der Waals surface area contributed by atoms with Crippen molar-refractivity contribution in [1.82, 2.24) is 0 Å². The lowest BCUT2D eigenvalue weighted by Gasteiger charge is -2.14. The molecule has 8 N–H and O–H groups in total. The van der Waals surface area contributed by atoms with E-state index in [2.05, 4.69) is 11.5 Å². The Balaban J connectivity index is -0.00000176. The van der Waals surface area contributed by atoms with Gasteiger partial charge in [0.05, 0.1) is 17.7 Å². The van der Waals surface area contributed by atoms with Crippen LogP contribution in [0.25, 0.3) is 0 Å². The van der Waals surface area contributed by atoms with Gasteiger partial charge in [0, 0.05) is 18.4 Å². The highest BCUT2D eigenvalue weighted by atomic mass is 35.5. The first kappa shape index (κ1) is 30.3. The minimum atomic E-state index is -4.81. The predicted octanol–water partition coefficient (Wildman–Crippen LogP) is -8.57. The van der Waals surface area contributed by atoms with Crippen LogP contribution < -0.4 is 54.0 Å². The van der Waals surface area contributed by atoms with Crippen LogP contribution in [-0.4, -0.2) is 19.1 Å². The molecule has 0 aliphatic carbocycles. The Hall–Kier alpha value is -0.450. The fourth-order valence-corrected chi connectivity index (χ4v) is 2.17. The molecule has 0 aromatic heterocycles. The number of halogens is 9. The monoisotopic (exact) mass is 451 g/mol. The molecule has 0 aliphatic heterocycles. The molecule has 0 aliphatic rings. The van der Waals surface area contributed by atoms with Gasteiger partial charge in [-0.25, -0.2) is 0 Å². The van der Waals surface area contributed by atoms with E-state index < -0.39 is 23.5 Å². The van der Waals surface area contributed by atoms with Crippen LogP contribution in [0.15, 0.2) is 18.2 Å². The summed E-state index contributed by atoms with van der Waals surface area (Å²) in [5.74, 6) is 0. The minimum absolute atomic E-state index is 0. The molecule has 0 spiro atoms. The zero-order valence-electron chi connectivity index (χ0n) is 13.7. The summed E-state index contributed by atoms with van der Waals surface area (Å²) in [7, 11) is 0. The van der Waals surface area contributed by atoms with Crippen molar-refractivity contribution in [1.29, 1.82) is 0 Å². The molecule has 26 heavy (non-hydrogen) atoms. The van der Waals surface area contributed by atoms with Crippen molar-refractivity contribution in [3.05, 3.63) is 34.9 Å². The van der Waals surface area contributed by atoms with E-state index >= 15 is 0 Å². The summed E-state index contributed by atoms with van der Waals surface area (Å²) in [6.07, 6.45) is -7.89. The van der Waals surface area contributed by atoms with Crippen LogP contribution in [0.2, 0.25) is 0 Å². The Bertz CT molecular complexity index is 479. The second-order valence-corrected chi connectivity index (χ2v) is 5.50. The minimum Gasteiger partial charge on any atom is -1.00 e. The second kappa shape index (κ2) is 12.9. The van der Waals surface area contributed by atoms with Crippen molar-refractivity contribution in [3.8, 4) is 0 Å². The van der Waals surface area contributed by atoms with E-state index in [-0.39, 0.29) is 61.4 Å². The van der Waals surface area contributed by atoms with E-state index in [1.54, 1.807) is 5.32 Å². The lowest BCUT2D eigenvalue weighted by atomic mass is 10.0. The van der Waals surface area contributed by atoms with Crippen LogP contribution in [-0.2, 0) is 18.9 Å². The highest BCUT2D eigenvalue weighted by Gasteiger charge is 2.36. The zero-order chi connectivity index (χ0) is 17.7. The van der Waals surface area contributed by atoms with Crippen molar-refractivity contribution in [2.24, 2.45) is 0 Å². The molecule has 0 heterocycles. The number of hydrogen-bond donors (Lipinski definition) is 3. The van der Waals surface area contributed by atoms with Crippen LogP contribution >= 0.6 is 0 Å². The predicted molar refractivity (Wildman–Crippen MR) is 70.6 cm³/mol. The van der Waals surface area contributed by atoms with E-state index in [1.165, 1.54) is 0 Å². The summed E-state index contributed by atoms with van der Waals surface area (Å²) in [5, 5.41) is 1.68. The normalized spacial score (nSPS) is 12.5. The molecule has 0 bridgehead atoms. The van der Waals surface area contributed by atoms with E-state index in [4.69, 9.17) is 0 Å². The van der Waals surface area contributed by atoms with E-state index in [0.717, 1.165) is 31.5 Å². The quantitative estimate of drug-likeness (QED) is 0.344. The molecule has 1 unspecified atom stereocenters. The van der Waals surface area contributed by atoms with Crippen LogP contribution in [0, 0.1) is 0 Å². The molecule has 0 radical (unpaired) electrons. The molecular formula is C14H22Cl3F6N3. The third kappa shape index (κ3) is 10.6. The van der Waals surface area contributed by atoms with Gasteiger partial charge in [-0.1, -0.05) is 0 Å². The van der Waals surface area contributed by atoms with Gasteiger partial charge in [0.2, 0.25) is 0 Å². The van der Waals surface area contributed by atoms with Crippen molar-refractivity contribution in [2.45, 2.75) is 37.8 Å². The Morgan fingerprint density at radius 3 is 1.73 bits per heavy atom. The molecule has 0 saturated heterocycles. The van der Waals surface area contributed by atoms with Crippen LogP contribution in [0.3, 0.4) is 0 Å². The first-order chi connectivity index (χ1) is 10.5. The van der Waals surface area contributed by atoms with Crippen molar-refractivity contribution in [2.75, 3.05) is 13.1 Å². The van der Waals surface area contributed by atoms with Crippen molar-refractivity contribution < 1.29 is 80.3 Å². The number of quaternary nitrogens is 3. The van der Waals surface area contributed by atoms with E-state index in [0.29, 0.717) is 6.54 Å². The van der Waals surface area contributed by atoms with Crippen molar-refractivity contribution >= 4 is 0 Å². The lowest BCUT2D eigenvalue weighted by Crippen LogP contribution is -3.00. The summed E-state index contributed by atoms with van der Waals surface area (Å²) >= 11 is 0. The van der Waals surface area contributed by atoms with Crippen LogP contribution in [0.1, 0.15) is 29.5 Å². The zero-order valence-corrected chi connectivity index (χ0v) is 16.0. The number of alkyl halides is 6. The summed E-state index contributed by atoms with van der Waals surface area (Å²) in [6, 6.07) is 1.76. The van der Waals surface area contributed by atoms with Gasteiger partial charge >= 0.3 is 12.4 Å². The van der Waals surface area contributed by atoms with Gasteiger partial charge in [-0.2, -0.15) is 26.3 Å². The van der Waals surface area contributed by atoms with Gasteiger partial charge < -0.3 is 54.0 Å². The van der Waals surface area contributed by atoms with Gasteiger partial charge in [0.25, 0.3) is 0 Å². The lowest BCUT2D eigenvalue weighted by molar-refractivity contribution is -0.694. The number of benzene rings is 1. The molecule has 1 aromatic carbocycles. The summed E-state index contributed by atoms with van der Waals surface area (Å²) in [5.41, 5.74) is 5.04. The average molecular weight is 453 g/mol. The third-order valence-electron chi connectivity index (χ3n) is 3.39. The maximum Gasteiger partial charge on any atom is 0.416 e. The highest BCUT2D eigenvalue weighted by Crippen LogP contribution is 2.36. The summed E-state index contributed by atoms with van der Waals surface area (Å²) in [6.45, 7) is 1.36. The van der Waals surface area contributed by atoms with Gasteiger partial charge in [-0.15, -0.1) is 0 Å². The maximum absolute atomic E-state index is 12.7. The molecule has 1 rings (SSSR count). The largest absolute Gasteiger partial charge is 1.00 e. The van der Waals surface area contributed by atoms with Gasteiger partial charge in [-0.3, -0.25) is 0 Å². The first-order valence-electron chi connectivity index (χ1n) is 7.26. The maximum atomic E-state index is 12.7. The smallest absolute Gasteiger partial charge is 0.416 e. The first-order valence-corrected chi connectivity index (χ1v) is 7.26. The van der Waals surface area contributed by atoms with Crippen molar-refractivity contribution in [3.63, 3.8) is 0 Å².